The first-order chi connectivity index (χ1) is 7.08. The Morgan fingerprint density at radius 2 is 2.12 bits per heavy atom. The standard InChI is InChI=1S/C7H15N5O2S.ClH/c1-3-8-4-5-10-15(13,14)7-6-9-11-12(7)2;/h6,8,10H,3-5H2,1-2H3;1H. The fourth-order valence-corrected chi connectivity index (χ4v) is 2.14. The van der Waals surface area contributed by atoms with Crippen molar-refractivity contribution < 1.29 is 8.42 Å². The van der Waals surface area contributed by atoms with E-state index in [-0.39, 0.29) is 17.4 Å². The number of sulfonamides is 1. The van der Waals surface area contributed by atoms with Crippen molar-refractivity contribution in [2.45, 2.75) is 11.9 Å². The molecular formula is C7H16ClN5O2S. The van der Waals surface area contributed by atoms with Gasteiger partial charge in [0.1, 0.15) is 0 Å². The van der Waals surface area contributed by atoms with E-state index < -0.39 is 10.0 Å². The molecule has 1 rings (SSSR count). The average Bonchev–Trinajstić information content (AvgIpc) is 2.60. The largest absolute Gasteiger partial charge is 0.316 e. The van der Waals surface area contributed by atoms with Crippen LogP contribution >= 0.6 is 12.4 Å². The van der Waals surface area contributed by atoms with Gasteiger partial charge in [-0.15, -0.1) is 17.5 Å². The molecule has 2 N–H and O–H groups in total. The number of hydrogen-bond donors (Lipinski definition) is 2. The van der Waals surface area contributed by atoms with Gasteiger partial charge in [0.2, 0.25) is 0 Å². The van der Waals surface area contributed by atoms with E-state index in [1.165, 1.54) is 17.9 Å². The van der Waals surface area contributed by atoms with Gasteiger partial charge in [0, 0.05) is 20.1 Å². The van der Waals surface area contributed by atoms with Crippen LogP contribution < -0.4 is 10.0 Å². The van der Waals surface area contributed by atoms with E-state index in [1.54, 1.807) is 0 Å². The third kappa shape index (κ3) is 4.05. The van der Waals surface area contributed by atoms with Gasteiger partial charge in [0.05, 0.1) is 6.20 Å². The summed E-state index contributed by atoms with van der Waals surface area (Å²) in [6.07, 6.45) is 1.22. The molecule has 0 aromatic carbocycles. The van der Waals surface area contributed by atoms with Crippen molar-refractivity contribution in [3.05, 3.63) is 6.20 Å². The van der Waals surface area contributed by atoms with Gasteiger partial charge in [-0.3, -0.25) is 0 Å². The predicted molar refractivity (Wildman–Crippen MR) is 62.0 cm³/mol. The van der Waals surface area contributed by atoms with Crippen molar-refractivity contribution in [2.75, 3.05) is 19.6 Å². The Labute approximate surface area is 101 Å². The van der Waals surface area contributed by atoms with E-state index in [1.807, 2.05) is 6.92 Å². The Morgan fingerprint density at radius 3 is 2.62 bits per heavy atom. The lowest BCUT2D eigenvalue weighted by Crippen LogP contribution is -2.32. The van der Waals surface area contributed by atoms with Gasteiger partial charge in [-0.05, 0) is 6.54 Å². The molecule has 9 heteroatoms. The van der Waals surface area contributed by atoms with Crippen molar-refractivity contribution >= 4 is 22.4 Å². The monoisotopic (exact) mass is 269 g/mol. The molecule has 0 unspecified atom stereocenters. The zero-order valence-electron chi connectivity index (χ0n) is 9.17. The Bertz CT molecular complexity index is 405. The van der Waals surface area contributed by atoms with Crippen molar-refractivity contribution in [2.24, 2.45) is 7.05 Å². The molecule has 0 radical (unpaired) electrons. The molecule has 1 heterocycles. The molecule has 16 heavy (non-hydrogen) atoms. The summed E-state index contributed by atoms with van der Waals surface area (Å²) in [5, 5.41) is 10.2. The lowest BCUT2D eigenvalue weighted by molar-refractivity contribution is 0.558. The molecule has 1 aromatic heterocycles. The summed E-state index contributed by atoms with van der Waals surface area (Å²) >= 11 is 0. The number of aromatic nitrogens is 3. The number of rotatable bonds is 6. The van der Waals surface area contributed by atoms with Gasteiger partial charge in [-0.2, -0.15) is 0 Å². The zero-order chi connectivity index (χ0) is 11.3. The van der Waals surface area contributed by atoms with E-state index in [0.717, 1.165) is 6.54 Å². The molecule has 1 aromatic rings. The molecule has 0 saturated carbocycles. The quantitative estimate of drug-likeness (QED) is 0.655. The summed E-state index contributed by atoms with van der Waals surface area (Å²) < 4.78 is 26.9. The van der Waals surface area contributed by atoms with Crippen LogP contribution in [0.25, 0.3) is 0 Å². The average molecular weight is 270 g/mol. The van der Waals surface area contributed by atoms with Crippen LogP contribution in [0.15, 0.2) is 11.2 Å². The summed E-state index contributed by atoms with van der Waals surface area (Å²) in [5.74, 6) is 0. The van der Waals surface area contributed by atoms with Crippen LogP contribution in [-0.4, -0.2) is 43.0 Å². The van der Waals surface area contributed by atoms with Gasteiger partial charge in [0.25, 0.3) is 10.0 Å². The van der Waals surface area contributed by atoms with Crippen molar-refractivity contribution in [3.8, 4) is 0 Å². The summed E-state index contributed by atoms with van der Waals surface area (Å²) in [6, 6.07) is 0. The minimum absolute atomic E-state index is 0. The topological polar surface area (TPSA) is 88.9 Å². The Hall–Kier alpha value is -0.700. The van der Waals surface area contributed by atoms with Crippen molar-refractivity contribution in [3.63, 3.8) is 0 Å². The molecule has 0 saturated heterocycles. The number of nitrogens with zero attached hydrogens (tertiary/aromatic N) is 3. The Morgan fingerprint density at radius 1 is 1.44 bits per heavy atom. The van der Waals surface area contributed by atoms with E-state index >= 15 is 0 Å². The van der Waals surface area contributed by atoms with Crippen LogP contribution in [0.3, 0.4) is 0 Å². The number of aryl methyl sites for hydroxylation is 1. The van der Waals surface area contributed by atoms with E-state index in [0.29, 0.717) is 13.1 Å². The normalized spacial score (nSPS) is 11.1. The fourth-order valence-electron chi connectivity index (χ4n) is 1.05. The highest BCUT2D eigenvalue weighted by Crippen LogP contribution is 2.02. The van der Waals surface area contributed by atoms with Crippen molar-refractivity contribution in [1.82, 2.24) is 25.0 Å². The molecule has 0 atom stereocenters. The Balaban J connectivity index is 0.00000225. The summed E-state index contributed by atoms with van der Waals surface area (Å²) in [6.45, 7) is 3.72. The maximum atomic E-state index is 11.6. The van der Waals surface area contributed by atoms with Crippen LogP contribution in [-0.2, 0) is 17.1 Å². The highest BCUT2D eigenvalue weighted by molar-refractivity contribution is 7.89. The smallest absolute Gasteiger partial charge is 0.259 e. The van der Waals surface area contributed by atoms with Crippen LogP contribution in [0.2, 0.25) is 0 Å². The molecule has 0 aliphatic carbocycles. The first-order valence-corrected chi connectivity index (χ1v) is 6.11. The highest BCUT2D eigenvalue weighted by atomic mass is 35.5. The fraction of sp³-hybridized carbons (Fsp3) is 0.714. The number of halogens is 1. The van der Waals surface area contributed by atoms with E-state index in [2.05, 4.69) is 20.4 Å². The molecule has 0 spiro atoms. The second-order valence-corrected chi connectivity index (χ2v) is 4.66. The minimum Gasteiger partial charge on any atom is -0.316 e. The van der Waals surface area contributed by atoms with Crippen molar-refractivity contribution in [1.29, 1.82) is 0 Å². The highest BCUT2D eigenvalue weighted by Gasteiger charge is 2.17. The lowest BCUT2D eigenvalue weighted by atomic mass is 10.6. The van der Waals surface area contributed by atoms with Crippen LogP contribution in [0.1, 0.15) is 6.92 Å². The molecule has 7 nitrogen and oxygen atoms in total. The minimum atomic E-state index is -3.48. The Kier molecular flexibility index (Phi) is 6.49. The zero-order valence-corrected chi connectivity index (χ0v) is 10.8. The molecule has 0 bridgehead atoms. The third-order valence-corrected chi connectivity index (χ3v) is 3.30. The number of likely N-dealkylation sites (N-methyl/N-ethyl adjacent to an activating group) is 1. The third-order valence-electron chi connectivity index (χ3n) is 1.79. The molecule has 0 aliphatic rings. The van der Waals surface area contributed by atoms with E-state index in [4.69, 9.17) is 0 Å². The van der Waals surface area contributed by atoms with Gasteiger partial charge in [0.15, 0.2) is 5.03 Å². The molecule has 0 aliphatic heterocycles. The molecule has 0 fully saturated rings. The number of hydrogen-bond acceptors (Lipinski definition) is 5. The first kappa shape index (κ1) is 15.3. The summed E-state index contributed by atoms with van der Waals surface area (Å²) in [4.78, 5) is 0. The van der Waals surface area contributed by atoms with Gasteiger partial charge in [-0.1, -0.05) is 12.1 Å². The predicted octanol–water partition coefficient (Wildman–Crippen LogP) is -0.875. The lowest BCUT2D eigenvalue weighted by Gasteiger charge is -2.05. The molecular weight excluding hydrogens is 254 g/mol. The maximum Gasteiger partial charge on any atom is 0.259 e. The van der Waals surface area contributed by atoms with Crippen LogP contribution in [0.4, 0.5) is 0 Å². The van der Waals surface area contributed by atoms with Crippen LogP contribution in [0.5, 0.6) is 0 Å². The molecule has 0 amide bonds. The second kappa shape index (κ2) is 6.79. The SMILES string of the molecule is CCNCCNS(=O)(=O)c1cnnn1C.Cl. The first-order valence-electron chi connectivity index (χ1n) is 4.63. The summed E-state index contributed by atoms with van der Waals surface area (Å²) in [5.41, 5.74) is 0. The summed E-state index contributed by atoms with van der Waals surface area (Å²) in [7, 11) is -1.95. The van der Waals surface area contributed by atoms with Gasteiger partial charge in [-0.25, -0.2) is 17.8 Å². The molecule has 94 valence electrons. The van der Waals surface area contributed by atoms with E-state index in [9.17, 15) is 8.42 Å². The van der Waals surface area contributed by atoms with Gasteiger partial charge < -0.3 is 5.32 Å². The maximum absolute atomic E-state index is 11.6. The van der Waals surface area contributed by atoms with Gasteiger partial charge >= 0.3 is 0 Å². The second-order valence-electron chi connectivity index (χ2n) is 2.95. The van der Waals surface area contributed by atoms with Crippen LogP contribution in [0, 0.1) is 0 Å². The number of nitrogens with one attached hydrogen (secondary N) is 2.